The van der Waals surface area contributed by atoms with Gasteiger partial charge in [-0.2, -0.15) is 0 Å². The fourth-order valence-electron chi connectivity index (χ4n) is 3.70. The van der Waals surface area contributed by atoms with E-state index in [0.717, 1.165) is 24.0 Å². The highest BCUT2D eigenvalue weighted by atomic mass is 16.6. The molecule has 0 aliphatic rings. The Labute approximate surface area is 210 Å². The van der Waals surface area contributed by atoms with Crippen molar-refractivity contribution in [3.05, 3.63) is 34.9 Å². The Bertz CT molecular complexity index is 876. The molecule has 3 amide bonds. The van der Waals surface area contributed by atoms with Crippen LogP contribution < -0.4 is 10.6 Å². The van der Waals surface area contributed by atoms with Crippen LogP contribution in [0.25, 0.3) is 0 Å². The first-order chi connectivity index (χ1) is 16.2. The molecular formula is C27H45N3O5. The van der Waals surface area contributed by atoms with Gasteiger partial charge in [-0.05, 0) is 78.0 Å². The lowest BCUT2D eigenvalue weighted by Gasteiger charge is -2.44. The number of amides is 3. The number of unbranched alkanes of at least 4 members (excludes halogenated alkanes) is 1. The van der Waals surface area contributed by atoms with Gasteiger partial charge in [-0.15, -0.1) is 0 Å². The van der Waals surface area contributed by atoms with Gasteiger partial charge in [-0.3, -0.25) is 9.59 Å². The van der Waals surface area contributed by atoms with E-state index in [-0.39, 0.29) is 5.91 Å². The maximum Gasteiger partial charge on any atom is 0.408 e. The number of carbonyl (C=O) groups is 3. The number of hydrogen-bond acceptors (Lipinski definition) is 5. The summed E-state index contributed by atoms with van der Waals surface area (Å²) < 4.78 is 5.29. The maximum absolute atomic E-state index is 13.9. The van der Waals surface area contributed by atoms with E-state index < -0.39 is 41.8 Å². The number of ether oxygens (including phenoxy) is 1. The third-order valence-electron chi connectivity index (χ3n) is 6.20. The molecule has 0 saturated carbocycles. The zero-order valence-corrected chi connectivity index (χ0v) is 22.9. The highest BCUT2D eigenvalue weighted by Crippen LogP contribution is 2.34. The van der Waals surface area contributed by atoms with Crippen LogP contribution in [0.2, 0.25) is 0 Å². The van der Waals surface area contributed by atoms with E-state index >= 15 is 0 Å². The van der Waals surface area contributed by atoms with Gasteiger partial charge in [0.05, 0.1) is 6.61 Å². The van der Waals surface area contributed by atoms with Crippen LogP contribution in [-0.2, 0) is 14.3 Å². The van der Waals surface area contributed by atoms with Gasteiger partial charge in [-0.25, -0.2) is 4.79 Å². The molecule has 0 radical (unpaired) electrons. The number of aliphatic hydroxyl groups is 1. The Kier molecular flexibility index (Phi) is 11.2. The Morgan fingerprint density at radius 3 is 2.23 bits per heavy atom. The van der Waals surface area contributed by atoms with Crippen molar-refractivity contribution in [3.8, 4) is 0 Å². The van der Waals surface area contributed by atoms with E-state index in [9.17, 15) is 19.5 Å². The van der Waals surface area contributed by atoms with Crippen LogP contribution in [0.4, 0.5) is 4.79 Å². The lowest BCUT2D eigenvalue weighted by molar-refractivity contribution is -0.150. The molecule has 1 aromatic rings. The third-order valence-corrected chi connectivity index (χ3v) is 6.20. The van der Waals surface area contributed by atoms with E-state index in [1.807, 2.05) is 59.7 Å². The number of aryl methyl sites for hydroxylation is 1. The minimum absolute atomic E-state index is 0.295. The second-order valence-electron chi connectivity index (χ2n) is 10.6. The number of hydrogen-bond donors (Lipinski definition) is 3. The molecule has 0 aliphatic carbocycles. The van der Waals surface area contributed by atoms with Crippen LogP contribution in [0.3, 0.4) is 0 Å². The highest BCUT2D eigenvalue weighted by molar-refractivity contribution is 5.93. The Balaban J connectivity index is 3.58. The zero-order valence-electron chi connectivity index (χ0n) is 22.9. The van der Waals surface area contributed by atoms with Gasteiger partial charge >= 0.3 is 6.09 Å². The molecule has 0 heterocycles. The molecule has 2 unspecified atom stereocenters. The molecule has 0 saturated heterocycles. The number of benzene rings is 1. The van der Waals surface area contributed by atoms with E-state index in [1.54, 1.807) is 20.8 Å². The van der Waals surface area contributed by atoms with Crippen LogP contribution in [0.1, 0.15) is 90.5 Å². The summed E-state index contributed by atoms with van der Waals surface area (Å²) in [4.78, 5) is 41.5. The number of nitrogens with one attached hydrogen (secondary N) is 2. The molecule has 1 aromatic carbocycles. The molecule has 0 fully saturated rings. The summed E-state index contributed by atoms with van der Waals surface area (Å²) in [7, 11) is 0. The minimum atomic E-state index is -1.27. The van der Waals surface area contributed by atoms with E-state index in [4.69, 9.17) is 4.74 Å². The van der Waals surface area contributed by atoms with Gasteiger partial charge in [0.2, 0.25) is 11.8 Å². The van der Waals surface area contributed by atoms with Crippen LogP contribution in [-0.4, -0.2) is 58.2 Å². The Morgan fingerprint density at radius 2 is 1.71 bits per heavy atom. The highest BCUT2D eigenvalue weighted by Gasteiger charge is 2.43. The van der Waals surface area contributed by atoms with Crippen molar-refractivity contribution in [3.63, 3.8) is 0 Å². The van der Waals surface area contributed by atoms with Crippen molar-refractivity contribution >= 4 is 17.9 Å². The van der Waals surface area contributed by atoms with Gasteiger partial charge in [0, 0.05) is 12.1 Å². The summed E-state index contributed by atoms with van der Waals surface area (Å²) in [6.45, 7) is 16.6. The number of rotatable bonds is 11. The molecule has 198 valence electrons. The van der Waals surface area contributed by atoms with Crippen LogP contribution in [0.15, 0.2) is 18.2 Å². The standard InChI is InChI=1S/C27H45N3O5/c1-10-12-16-28-23(32)22(20-15-13-14-18(3)19(20)4)30(27(8,9)11-2)24(33)21(17-31)29-25(34)35-26(5,6)7/h13-15,21-22,31H,10-12,16-17H2,1-9H3,(H,28,32)(H,29,34). The summed E-state index contributed by atoms with van der Waals surface area (Å²) in [5, 5.41) is 15.5. The molecule has 8 nitrogen and oxygen atoms in total. The molecule has 0 spiro atoms. The Morgan fingerprint density at radius 1 is 1.09 bits per heavy atom. The summed E-state index contributed by atoms with van der Waals surface area (Å²) in [5.74, 6) is -0.849. The van der Waals surface area contributed by atoms with Crippen LogP contribution in [0, 0.1) is 13.8 Å². The van der Waals surface area contributed by atoms with Crippen molar-refractivity contribution < 1.29 is 24.2 Å². The number of carbonyl (C=O) groups excluding carboxylic acids is 3. The second-order valence-corrected chi connectivity index (χ2v) is 10.6. The SMILES string of the molecule is CCCCNC(=O)C(c1cccc(C)c1C)N(C(=O)C(CO)NC(=O)OC(C)(C)C)C(C)(C)CC. The minimum Gasteiger partial charge on any atom is -0.444 e. The summed E-state index contributed by atoms with van der Waals surface area (Å²) in [6.07, 6.45) is 1.47. The predicted molar refractivity (Wildman–Crippen MR) is 138 cm³/mol. The number of nitrogens with zero attached hydrogens (tertiary/aromatic N) is 1. The fraction of sp³-hybridized carbons (Fsp3) is 0.667. The van der Waals surface area contributed by atoms with Crippen molar-refractivity contribution in [1.29, 1.82) is 0 Å². The molecule has 3 N–H and O–H groups in total. The van der Waals surface area contributed by atoms with Gasteiger partial charge in [0.25, 0.3) is 0 Å². The first-order valence-electron chi connectivity index (χ1n) is 12.5. The predicted octanol–water partition coefficient (Wildman–Crippen LogP) is 4.16. The topological polar surface area (TPSA) is 108 Å². The lowest BCUT2D eigenvalue weighted by Crippen LogP contribution is -2.60. The molecule has 8 heteroatoms. The van der Waals surface area contributed by atoms with Crippen molar-refractivity contribution in [2.24, 2.45) is 0 Å². The average Bonchev–Trinajstić information content (AvgIpc) is 2.76. The van der Waals surface area contributed by atoms with Gasteiger partial charge < -0.3 is 25.4 Å². The largest absolute Gasteiger partial charge is 0.444 e. The molecule has 2 atom stereocenters. The fourth-order valence-corrected chi connectivity index (χ4v) is 3.70. The molecular weight excluding hydrogens is 446 g/mol. The second kappa shape index (κ2) is 12.9. The maximum atomic E-state index is 13.9. The van der Waals surface area contributed by atoms with Crippen LogP contribution >= 0.6 is 0 Å². The quantitative estimate of drug-likeness (QED) is 0.403. The Hall–Kier alpha value is -2.61. The van der Waals surface area contributed by atoms with Gasteiger partial charge in [0.15, 0.2) is 0 Å². The van der Waals surface area contributed by atoms with Gasteiger partial charge in [0.1, 0.15) is 17.7 Å². The van der Waals surface area contributed by atoms with E-state index in [0.29, 0.717) is 18.5 Å². The molecule has 35 heavy (non-hydrogen) atoms. The van der Waals surface area contributed by atoms with E-state index in [2.05, 4.69) is 10.6 Å². The molecule has 0 bridgehead atoms. The normalized spacial score (nSPS) is 13.5. The molecule has 0 aromatic heterocycles. The average molecular weight is 492 g/mol. The monoisotopic (exact) mass is 491 g/mol. The van der Waals surface area contributed by atoms with E-state index in [1.165, 1.54) is 4.90 Å². The summed E-state index contributed by atoms with van der Waals surface area (Å²) in [5.41, 5.74) is 1.09. The number of alkyl carbamates (subject to hydrolysis) is 1. The summed E-state index contributed by atoms with van der Waals surface area (Å²) >= 11 is 0. The third kappa shape index (κ3) is 8.53. The van der Waals surface area contributed by atoms with Crippen molar-refractivity contribution in [2.45, 2.75) is 105 Å². The van der Waals surface area contributed by atoms with Crippen molar-refractivity contribution in [1.82, 2.24) is 15.5 Å². The molecule has 0 aliphatic heterocycles. The zero-order chi connectivity index (χ0) is 27.0. The first-order valence-corrected chi connectivity index (χ1v) is 12.5. The summed E-state index contributed by atoms with van der Waals surface area (Å²) in [6, 6.07) is 3.47. The van der Waals surface area contributed by atoms with Crippen molar-refractivity contribution in [2.75, 3.05) is 13.2 Å². The smallest absolute Gasteiger partial charge is 0.408 e. The lowest BCUT2D eigenvalue weighted by atomic mass is 9.89. The van der Waals surface area contributed by atoms with Gasteiger partial charge in [-0.1, -0.05) is 38.5 Å². The first kappa shape index (κ1) is 30.4. The van der Waals surface area contributed by atoms with Crippen LogP contribution in [0.5, 0.6) is 0 Å². The molecule has 1 rings (SSSR count). The number of aliphatic hydroxyl groups excluding tert-OH is 1.